The van der Waals surface area contributed by atoms with Gasteiger partial charge in [-0.15, -0.1) is 0 Å². The largest absolute Gasteiger partial charge is 0.477 e. The number of benzene rings is 3. The van der Waals surface area contributed by atoms with Gasteiger partial charge in [0.1, 0.15) is 16.7 Å². The van der Waals surface area contributed by atoms with Gasteiger partial charge in [-0.25, -0.2) is 38.1 Å². The molecule has 0 aliphatic heterocycles. The number of aromatic nitrogens is 9. The number of rotatable bonds is 10. The Hall–Kier alpha value is -8.67. The molecule has 390 valence electrons. The standard InChI is InChI=1S/C20H22N4O2.C20H21N3O3.C18H17N3O3/c1-23(2)20(26)16-12-21-24-18(25)11-17(22-19(16)24)15-9-7-14(8-10-15)13-5-3-4-6-13;1-2-26-20(25)16-12-21-23-18(24)11-17(22-19(16)23)15-9-7-14(8-10-15)13-5-3-4-6-13;22-16-9-15(20-17-14(18(23)24)10-19-21(16)17)13-7-5-12(6-8-13)11-3-1-2-4-11/h7-13,21H,3-6H2,1-2H3;7-13,21H,2-6H2,1H3;5-11,19H,1-4H2,(H,23,24). The van der Waals surface area contributed by atoms with Crippen molar-refractivity contribution in [2.45, 2.75) is 102 Å². The summed E-state index contributed by atoms with van der Waals surface area (Å²) >= 11 is 0. The summed E-state index contributed by atoms with van der Waals surface area (Å²) < 4.78 is 8.73. The molecule has 3 aliphatic carbocycles. The number of aromatic carboxylic acids is 1. The van der Waals surface area contributed by atoms with Crippen LogP contribution in [-0.2, 0) is 4.74 Å². The second-order valence-electron chi connectivity index (χ2n) is 20.0. The average Bonchev–Trinajstić information content (AvgIpc) is 4.30. The minimum Gasteiger partial charge on any atom is -0.477 e. The summed E-state index contributed by atoms with van der Waals surface area (Å²) in [6.45, 7) is 2.01. The number of hydrogen-bond donors (Lipinski definition) is 4. The fourth-order valence-electron chi connectivity index (χ4n) is 10.9. The topological polar surface area (TPSA) is 234 Å². The predicted molar refractivity (Wildman–Crippen MR) is 288 cm³/mol. The lowest BCUT2D eigenvalue weighted by molar-refractivity contribution is 0.0527. The molecule has 18 heteroatoms. The zero-order valence-electron chi connectivity index (χ0n) is 42.8. The molecule has 0 radical (unpaired) electrons. The summed E-state index contributed by atoms with van der Waals surface area (Å²) in [6.07, 6.45) is 19.5. The van der Waals surface area contributed by atoms with Crippen molar-refractivity contribution in [1.82, 2.24) is 48.7 Å². The molecule has 6 aromatic heterocycles. The van der Waals surface area contributed by atoms with Gasteiger partial charge in [0.05, 0.1) is 23.7 Å². The first-order chi connectivity index (χ1) is 36.8. The van der Waals surface area contributed by atoms with E-state index >= 15 is 0 Å². The first-order valence-electron chi connectivity index (χ1n) is 26.1. The molecular weight excluding hydrogens is 965 g/mol. The lowest BCUT2D eigenvalue weighted by Crippen LogP contribution is -2.22. The second kappa shape index (κ2) is 22.0. The third kappa shape index (κ3) is 10.5. The molecule has 3 aromatic carbocycles. The lowest BCUT2D eigenvalue weighted by atomic mass is 9.96. The first kappa shape index (κ1) is 50.8. The highest BCUT2D eigenvalue weighted by molar-refractivity contribution is 5.99. The van der Waals surface area contributed by atoms with Gasteiger partial charge in [0.2, 0.25) is 0 Å². The Morgan fingerprint density at radius 1 is 0.526 bits per heavy atom. The number of carbonyl (C=O) groups excluding carboxylic acids is 2. The molecule has 12 rings (SSSR count). The van der Waals surface area contributed by atoms with Crippen LogP contribution in [0.25, 0.3) is 50.7 Å². The number of carboxylic acid groups (broad SMARTS) is 1. The molecule has 0 saturated heterocycles. The maximum absolute atomic E-state index is 12.4. The number of aromatic amines is 3. The highest BCUT2D eigenvalue weighted by Crippen LogP contribution is 2.37. The van der Waals surface area contributed by atoms with Crippen molar-refractivity contribution in [1.29, 1.82) is 0 Å². The predicted octanol–water partition coefficient (Wildman–Crippen LogP) is 9.62. The van der Waals surface area contributed by atoms with Crippen molar-refractivity contribution in [2.75, 3.05) is 20.7 Å². The van der Waals surface area contributed by atoms with Crippen LogP contribution in [0.3, 0.4) is 0 Å². The van der Waals surface area contributed by atoms with Gasteiger partial charge >= 0.3 is 11.9 Å². The van der Waals surface area contributed by atoms with Gasteiger partial charge in [0, 0.05) is 67.6 Å². The van der Waals surface area contributed by atoms with E-state index in [2.05, 4.69) is 66.6 Å². The molecule has 4 N–H and O–H groups in total. The van der Waals surface area contributed by atoms with Crippen LogP contribution in [-0.4, -0.2) is 92.3 Å². The molecule has 0 bridgehead atoms. The normalized spacial score (nSPS) is 14.9. The highest BCUT2D eigenvalue weighted by atomic mass is 16.5. The maximum atomic E-state index is 12.4. The summed E-state index contributed by atoms with van der Waals surface area (Å²) in [5.74, 6) is 0.123. The van der Waals surface area contributed by atoms with E-state index in [1.165, 1.54) is 144 Å². The molecule has 76 heavy (non-hydrogen) atoms. The van der Waals surface area contributed by atoms with E-state index < -0.39 is 11.9 Å². The van der Waals surface area contributed by atoms with Gasteiger partial charge in [-0.3, -0.25) is 34.5 Å². The van der Waals surface area contributed by atoms with E-state index in [1.54, 1.807) is 21.0 Å². The van der Waals surface area contributed by atoms with Crippen molar-refractivity contribution >= 4 is 34.8 Å². The fraction of sp³-hybridized carbons (Fsp3) is 0.328. The first-order valence-corrected chi connectivity index (χ1v) is 26.1. The van der Waals surface area contributed by atoms with Gasteiger partial charge in [0.15, 0.2) is 16.9 Å². The molecule has 3 fully saturated rings. The van der Waals surface area contributed by atoms with Gasteiger partial charge < -0.3 is 14.7 Å². The second-order valence-corrected chi connectivity index (χ2v) is 20.0. The molecular formula is C58H60N10O8. The summed E-state index contributed by atoms with van der Waals surface area (Å²) in [7, 11) is 3.35. The molecule has 18 nitrogen and oxygen atoms in total. The molecule has 0 unspecified atom stereocenters. The van der Waals surface area contributed by atoms with Crippen molar-refractivity contribution < 1.29 is 24.2 Å². The van der Waals surface area contributed by atoms with Crippen molar-refractivity contribution in [3.63, 3.8) is 0 Å². The van der Waals surface area contributed by atoms with Crippen molar-refractivity contribution in [3.8, 4) is 33.8 Å². The third-order valence-electron chi connectivity index (χ3n) is 15.0. The van der Waals surface area contributed by atoms with Crippen molar-refractivity contribution in [2.24, 2.45) is 0 Å². The molecule has 1 amide bonds. The number of nitrogens with zero attached hydrogens (tertiary/aromatic N) is 7. The number of esters is 1. The van der Waals surface area contributed by atoms with Gasteiger partial charge in [-0.05, 0) is 79.9 Å². The van der Waals surface area contributed by atoms with Crippen LogP contribution in [0.2, 0.25) is 0 Å². The van der Waals surface area contributed by atoms with Crippen LogP contribution < -0.4 is 16.7 Å². The Morgan fingerprint density at radius 3 is 1.17 bits per heavy atom. The molecule has 3 saturated carbocycles. The Balaban J connectivity index is 0.000000130. The van der Waals surface area contributed by atoms with E-state index in [-0.39, 0.29) is 51.6 Å². The van der Waals surface area contributed by atoms with Crippen LogP contribution >= 0.6 is 0 Å². The van der Waals surface area contributed by atoms with E-state index in [0.717, 1.165) is 21.2 Å². The van der Waals surface area contributed by atoms with Crippen LogP contribution in [0, 0.1) is 0 Å². The summed E-state index contributed by atoms with van der Waals surface area (Å²) in [4.78, 5) is 87.6. The number of fused-ring (bicyclic) bond motifs is 3. The molecule has 3 aliphatic rings. The number of nitrogens with one attached hydrogen (secondary N) is 3. The van der Waals surface area contributed by atoms with E-state index in [4.69, 9.17) is 4.74 Å². The molecule has 9 aromatic rings. The van der Waals surface area contributed by atoms with Gasteiger partial charge in [0.25, 0.3) is 22.6 Å². The number of carboxylic acids is 1. The summed E-state index contributed by atoms with van der Waals surface area (Å²) in [5.41, 5.74) is 8.77. The van der Waals surface area contributed by atoms with Crippen LogP contribution in [0.1, 0.15) is 149 Å². The number of carbonyl (C=O) groups is 3. The molecule has 0 spiro atoms. The van der Waals surface area contributed by atoms with E-state index in [0.29, 0.717) is 46.0 Å². The van der Waals surface area contributed by atoms with Gasteiger partial charge in [-0.1, -0.05) is 111 Å². The minimum absolute atomic E-state index is 0.0171. The fourth-order valence-corrected chi connectivity index (χ4v) is 10.9. The summed E-state index contributed by atoms with van der Waals surface area (Å²) in [6, 6.07) is 29.0. The van der Waals surface area contributed by atoms with Crippen LogP contribution in [0.4, 0.5) is 0 Å². The average molecular weight is 1030 g/mol. The Bertz CT molecular complexity index is 3750. The quantitative estimate of drug-likeness (QED) is 0.0942. The monoisotopic (exact) mass is 1020 g/mol. The number of amides is 1. The zero-order valence-corrected chi connectivity index (χ0v) is 42.8. The smallest absolute Gasteiger partial charge is 0.343 e. The Labute approximate surface area is 436 Å². The number of H-pyrrole nitrogens is 3. The van der Waals surface area contributed by atoms with Crippen LogP contribution in [0.15, 0.2) is 124 Å². The Morgan fingerprint density at radius 2 is 0.842 bits per heavy atom. The zero-order chi connectivity index (χ0) is 53.0. The summed E-state index contributed by atoms with van der Waals surface area (Å²) in [5, 5.41) is 17.4. The Kier molecular flexibility index (Phi) is 14.7. The van der Waals surface area contributed by atoms with Crippen molar-refractivity contribution in [3.05, 3.63) is 174 Å². The van der Waals surface area contributed by atoms with Crippen LogP contribution in [0.5, 0.6) is 0 Å². The maximum Gasteiger partial charge on any atom is 0.343 e. The SMILES string of the molecule is CCOC(=O)c1c[nH]n2c(=O)cc(-c3ccc(C4CCCC4)cc3)nc12.CN(C)C(=O)c1c[nH]n2c(=O)cc(-c3ccc(C4CCCC4)cc3)nc12.O=C(O)c1c[nH]n2c(=O)cc(-c3ccc(C4CCCC4)cc3)nc12. The van der Waals surface area contributed by atoms with E-state index in [9.17, 15) is 33.9 Å². The minimum atomic E-state index is -1.12. The van der Waals surface area contributed by atoms with E-state index in [1.807, 2.05) is 36.4 Å². The number of ether oxygens (including phenoxy) is 1. The third-order valence-corrected chi connectivity index (χ3v) is 15.0. The number of hydrogen-bond acceptors (Lipinski definition) is 10. The lowest BCUT2D eigenvalue weighted by Gasteiger charge is -2.10. The molecule has 0 atom stereocenters. The molecule has 6 heterocycles. The van der Waals surface area contributed by atoms with Gasteiger partial charge in [-0.2, -0.15) is 0 Å². The highest BCUT2D eigenvalue weighted by Gasteiger charge is 2.23.